The van der Waals surface area contributed by atoms with Gasteiger partial charge in [0.15, 0.2) is 4.34 Å². The van der Waals surface area contributed by atoms with E-state index in [2.05, 4.69) is 10.3 Å². The Balaban J connectivity index is 1.43. The second-order valence-corrected chi connectivity index (χ2v) is 10.8. The van der Waals surface area contributed by atoms with Gasteiger partial charge >= 0.3 is 5.97 Å². The lowest BCUT2D eigenvalue weighted by Gasteiger charge is -2.24. The topological polar surface area (TPSA) is 79.1 Å². The predicted molar refractivity (Wildman–Crippen MR) is 137 cm³/mol. The summed E-state index contributed by atoms with van der Waals surface area (Å²) in [6, 6.07) is 13.1. The van der Waals surface area contributed by atoms with Crippen molar-refractivity contribution in [3.8, 4) is 17.0 Å². The van der Waals surface area contributed by atoms with E-state index in [1.807, 2.05) is 35.7 Å². The summed E-state index contributed by atoms with van der Waals surface area (Å²) in [5.41, 5.74) is 2.81. The van der Waals surface area contributed by atoms with Gasteiger partial charge in [0.05, 0.1) is 29.4 Å². The molecular weight excluding hydrogens is 527 g/mol. The number of carbonyl (C=O) groups is 1. The van der Waals surface area contributed by atoms with Crippen LogP contribution in [0, 0.1) is 0 Å². The third-order valence-electron chi connectivity index (χ3n) is 5.58. The van der Waals surface area contributed by atoms with E-state index in [9.17, 15) is 4.79 Å². The van der Waals surface area contributed by atoms with Crippen molar-refractivity contribution in [3.63, 3.8) is 0 Å². The third-order valence-corrected chi connectivity index (χ3v) is 8.36. The standard InChI is InChI=1S/C24H20Cl2N4O3S2/c1-32-16-8-5-14(6-9-16)12-30-22(21(28-29-30)23(31)33-17-3-2-4-17)35-24-27-20(13-34-24)15-7-10-18(25)19(26)11-15/h5-11,13,17H,2-4,12H2,1H3. The fourth-order valence-electron chi connectivity index (χ4n) is 3.41. The number of nitrogens with zero attached hydrogens (tertiary/aromatic N) is 4. The molecule has 0 radical (unpaired) electrons. The summed E-state index contributed by atoms with van der Waals surface area (Å²) in [4.78, 5) is 17.6. The Morgan fingerprint density at radius 1 is 1.17 bits per heavy atom. The molecule has 2 aromatic carbocycles. The lowest BCUT2D eigenvalue weighted by Crippen LogP contribution is -2.25. The summed E-state index contributed by atoms with van der Waals surface area (Å²) >= 11 is 15.0. The van der Waals surface area contributed by atoms with Crippen LogP contribution in [0.2, 0.25) is 10.0 Å². The molecule has 4 aromatic rings. The highest BCUT2D eigenvalue weighted by molar-refractivity contribution is 8.01. The van der Waals surface area contributed by atoms with Gasteiger partial charge in [0.2, 0.25) is 5.69 Å². The van der Waals surface area contributed by atoms with Gasteiger partial charge in [-0.15, -0.1) is 16.4 Å². The minimum Gasteiger partial charge on any atom is -0.497 e. The van der Waals surface area contributed by atoms with E-state index in [0.717, 1.165) is 46.2 Å². The van der Waals surface area contributed by atoms with Crippen LogP contribution in [-0.4, -0.2) is 39.2 Å². The maximum atomic E-state index is 12.9. The number of methoxy groups -OCH3 is 1. The van der Waals surface area contributed by atoms with Crippen LogP contribution in [-0.2, 0) is 11.3 Å². The van der Waals surface area contributed by atoms with Gasteiger partial charge in [-0.25, -0.2) is 14.5 Å². The van der Waals surface area contributed by atoms with E-state index >= 15 is 0 Å². The predicted octanol–water partition coefficient (Wildman–Crippen LogP) is 6.63. The van der Waals surface area contributed by atoms with Gasteiger partial charge in [-0.1, -0.05) is 46.6 Å². The average Bonchev–Trinajstić information content (AvgIpc) is 3.46. The molecule has 0 atom stereocenters. The number of esters is 1. The molecule has 0 amide bonds. The molecule has 5 rings (SSSR count). The minimum absolute atomic E-state index is 0.0480. The van der Waals surface area contributed by atoms with Crippen molar-refractivity contribution in [3.05, 3.63) is 69.1 Å². The highest BCUT2D eigenvalue weighted by atomic mass is 35.5. The van der Waals surface area contributed by atoms with Crippen molar-refractivity contribution >= 4 is 52.3 Å². The second kappa shape index (κ2) is 10.6. The molecule has 0 spiro atoms. The molecule has 7 nitrogen and oxygen atoms in total. The molecule has 0 bridgehead atoms. The summed E-state index contributed by atoms with van der Waals surface area (Å²) in [6.45, 7) is 0.432. The maximum Gasteiger partial charge on any atom is 0.362 e. The first-order valence-electron chi connectivity index (χ1n) is 10.9. The fourth-order valence-corrected chi connectivity index (χ4v) is 5.57. The molecule has 1 aliphatic carbocycles. The lowest BCUT2D eigenvalue weighted by molar-refractivity contribution is 0.00793. The van der Waals surface area contributed by atoms with E-state index in [4.69, 9.17) is 37.7 Å². The average molecular weight is 547 g/mol. The zero-order valence-corrected chi connectivity index (χ0v) is 21.8. The summed E-state index contributed by atoms with van der Waals surface area (Å²) < 4.78 is 13.3. The molecular formula is C24H20Cl2N4O3S2. The van der Waals surface area contributed by atoms with Gasteiger partial charge in [-0.2, -0.15) is 0 Å². The largest absolute Gasteiger partial charge is 0.497 e. The summed E-state index contributed by atoms with van der Waals surface area (Å²) in [7, 11) is 1.63. The third kappa shape index (κ3) is 5.48. The van der Waals surface area contributed by atoms with Crippen LogP contribution in [0.5, 0.6) is 5.75 Å². The zero-order valence-electron chi connectivity index (χ0n) is 18.6. The Morgan fingerprint density at radius 2 is 1.97 bits per heavy atom. The molecule has 0 aliphatic heterocycles. The molecule has 0 unspecified atom stereocenters. The van der Waals surface area contributed by atoms with Crippen molar-refractivity contribution in [1.29, 1.82) is 0 Å². The van der Waals surface area contributed by atoms with Crippen molar-refractivity contribution in [2.24, 2.45) is 0 Å². The molecule has 0 saturated heterocycles. The van der Waals surface area contributed by atoms with Crippen LogP contribution >= 0.6 is 46.3 Å². The molecule has 2 heterocycles. The first-order valence-corrected chi connectivity index (χ1v) is 13.3. The van der Waals surface area contributed by atoms with E-state index in [0.29, 0.717) is 21.6 Å². The van der Waals surface area contributed by atoms with Crippen LogP contribution in [0.4, 0.5) is 0 Å². The number of thiazole rings is 1. The summed E-state index contributed by atoms with van der Waals surface area (Å²) in [5, 5.41) is 11.9. The SMILES string of the molecule is COc1ccc(Cn2nnc(C(=O)OC3CCC3)c2Sc2nc(-c3ccc(Cl)c(Cl)c3)cs2)cc1. The van der Waals surface area contributed by atoms with Crippen LogP contribution in [0.3, 0.4) is 0 Å². The zero-order chi connectivity index (χ0) is 24.4. The van der Waals surface area contributed by atoms with Crippen molar-refractivity contribution < 1.29 is 14.3 Å². The Morgan fingerprint density at radius 3 is 2.66 bits per heavy atom. The molecule has 0 N–H and O–H groups in total. The van der Waals surface area contributed by atoms with Crippen molar-refractivity contribution in [1.82, 2.24) is 20.0 Å². The number of carbonyl (C=O) groups excluding carboxylic acids is 1. The number of benzene rings is 2. The quantitative estimate of drug-likeness (QED) is 0.229. The van der Waals surface area contributed by atoms with Gasteiger partial charge in [0.25, 0.3) is 0 Å². The van der Waals surface area contributed by atoms with E-state index < -0.39 is 5.97 Å². The van der Waals surface area contributed by atoms with Crippen LogP contribution in [0.1, 0.15) is 35.3 Å². The number of halogens is 2. The Hall–Kier alpha value is -2.59. The van der Waals surface area contributed by atoms with Gasteiger partial charge in [-0.05, 0) is 60.9 Å². The number of ether oxygens (including phenoxy) is 2. The lowest BCUT2D eigenvalue weighted by atomic mass is 9.96. The highest BCUT2D eigenvalue weighted by Crippen LogP contribution is 2.36. The number of rotatable bonds is 8. The molecule has 35 heavy (non-hydrogen) atoms. The van der Waals surface area contributed by atoms with Gasteiger partial charge in [-0.3, -0.25) is 0 Å². The minimum atomic E-state index is -0.459. The first-order chi connectivity index (χ1) is 17.0. The molecule has 1 aliphatic rings. The molecule has 1 saturated carbocycles. The van der Waals surface area contributed by atoms with Gasteiger partial charge < -0.3 is 9.47 Å². The smallest absolute Gasteiger partial charge is 0.362 e. The molecule has 2 aromatic heterocycles. The second-order valence-electron chi connectivity index (χ2n) is 7.94. The summed E-state index contributed by atoms with van der Waals surface area (Å²) in [5.74, 6) is 0.309. The maximum absolute atomic E-state index is 12.9. The first kappa shape index (κ1) is 24.1. The van der Waals surface area contributed by atoms with Crippen LogP contribution in [0.25, 0.3) is 11.3 Å². The Kier molecular flexibility index (Phi) is 7.29. The number of hydrogen-bond donors (Lipinski definition) is 0. The van der Waals surface area contributed by atoms with E-state index in [-0.39, 0.29) is 11.8 Å². The molecule has 1 fully saturated rings. The van der Waals surface area contributed by atoms with Gasteiger partial charge in [0.1, 0.15) is 16.9 Å². The van der Waals surface area contributed by atoms with E-state index in [1.54, 1.807) is 23.9 Å². The normalized spacial score (nSPS) is 13.5. The molecule has 11 heteroatoms. The highest BCUT2D eigenvalue weighted by Gasteiger charge is 2.28. The monoisotopic (exact) mass is 546 g/mol. The van der Waals surface area contributed by atoms with Crippen LogP contribution < -0.4 is 4.74 Å². The van der Waals surface area contributed by atoms with Crippen LogP contribution in [0.15, 0.2) is 57.2 Å². The summed E-state index contributed by atoms with van der Waals surface area (Å²) in [6.07, 6.45) is 2.79. The number of hydrogen-bond acceptors (Lipinski definition) is 8. The fraction of sp³-hybridized carbons (Fsp3) is 0.250. The Bertz CT molecular complexity index is 1350. The van der Waals surface area contributed by atoms with E-state index in [1.165, 1.54) is 23.1 Å². The molecule has 180 valence electrons. The number of aromatic nitrogens is 4. The van der Waals surface area contributed by atoms with Crippen molar-refractivity contribution in [2.45, 2.75) is 41.3 Å². The van der Waals surface area contributed by atoms with Gasteiger partial charge in [0, 0.05) is 10.9 Å². The van der Waals surface area contributed by atoms with Crippen molar-refractivity contribution in [2.75, 3.05) is 7.11 Å². The Labute approximate surface area is 220 Å².